The van der Waals surface area contributed by atoms with Crippen LogP contribution in [-0.2, 0) is 41.2 Å². The Morgan fingerprint density at radius 2 is 1.24 bits per heavy atom. The zero-order valence-corrected chi connectivity index (χ0v) is 52.8. The van der Waals surface area contributed by atoms with Crippen LogP contribution in [0.5, 0.6) is 0 Å². The molecule has 1 aliphatic heterocycles. The fourth-order valence-corrected chi connectivity index (χ4v) is 11.9. The van der Waals surface area contributed by atoms with Crippen LogP contribution in [0.2, 0.25) is 0 Å². The Hall–Kier alpha value is -6.14. The molecule has 0 bridgehead atoms. The zero-order valence-electron chi connectivity index (χ0n) is 50.3. The molecule has 2 aliphatic rings. The van der Waals surface area contributed by atoms with E-state index < -0.39 is 49.1 Å². The first-order valence-electron chi connectivity index (χ1n) is 29.9. The van der Waals surface area contributed by atoms with Gasteiger partial charge in [0.05, 0.1) is 30.7 Å². The maximum absolute atomic E-state index is 13.4. The smallest absolute Gasteiger partial charge is 0.267 e. The van der Waals surface area contributed by atoms with Gasteiger partial charge in [-0.05, 0) is 137 Å². The molecule has 0 spiro atoms. The van der Waals surface area contributed by atoms with Crippen molar-refractivity contribution >= 4 is 72.2 Å². The van der Waals surface area contributed by atoms with Crippen molar-refractivity contribution in [1.82, 2.24) is 26.1 Å². The van der Waals surface area contributed by atoms with E-state index >= 15 is 0 Å². The van der Waals surface area contributed by atoms with Crippen molar-refractivity contribution in [3.05, 3.63) is 124 Å². The molecule has 0 saturated carbocycles. The number of fused-ring (bicyclic) bond motifs is 2. The number of carbonyl (C=O) groups is 4. The molecule has 3 aromatic rings. The third-order valence-electron chi connectivity index (χ3n) is 15.6. The minimum absolute atomic E-state index is 0.00421. The van der Waals surface area contributed by atoms with Crippen molar-refractivity contribution in [3.63, 3.8) is 0 Å². The minimum atomic E-state index is -4.26. The molecule has 9 N–H and O–H groups in total. The van der Waals surface area contributed by atoms with Crippen molar-refractivity contribution < 1.29 is 61.0 Å². The van der Waals surface area contributed by atoms with Gasteiger partial charge in [-0.1, -0.05) is 107 Å². The number of hydrogen-bond acceptors (Lipinski definition) is 16. The SMILES string of the molecule is CC(CCC1=C=C(/C=C/C=C/C=C/C=C2/N(CCCCCC(=O)NCCCCCCCC(=O)Nc3nnc([SH](=O)=O)s3)c3ccc(C(=O)NCCCC[C@H](O)CO)cc3C2(C)C)C(C)(C)c2cc(C(=O)NCCCC[C@H](O)CO)ccc21)S(=O)(=O)O. The molecule has 2 heterocycles. The van der Waals surface area contributed by atoms with Crippen molar-refractivity contribution in [2.24, 2.45) is 0 Å². The maximum Gasteiger partial charge on any atom is 0.267 e. The molecule has 3 atom stereocenters. The van der Waals surface area contributed by atoms with Crippen LogP contribution in [0.3, 0.4) is 0 Å². The van der Waals surface area contributed by atoms with Crippen molar-refractivity contribution in [1.29, 1.82) is 0 Å². The van der Waals surface area contributed by atoms with Crippen LogP contribution in [0, 0.1) is 0 Å². The summed E-state index contributed by atoms with van der Waals surface area (Å²) in [7, 11) is -7.10. The number of benzene rings is 2. The summed E-state index contributed by atoms with van der Waals surface area (Å²) in [4.78, 5) is 54.1. The lowest BCUT2D eigenvalue weighted by Crippen LogP contribution is -2.27. The largest absolute Gasteiger partial charge is 0.394 e. The molecule has 0 radical (unpaired) electrons. The monoisotopic (exact) mass is 1250 g/mol. The summed E-state index contributed by atoms with van der Waals surface area (Å²) in [6.45, 7) is 11.3. The predicted octanol–water partition coefficient (Wildman–Crippen LogP) is 8.28. The molecule has 0 saturated heterocycles. The first-order chi connectivity index (χ1) is 41.0. The molecule has 1 aromatic heterocycles. The van der Waals surface area contributed by atoms with Crippen LogP contribution in [0.25, 0.3) is 5.57 Å². The second-order valence-electron chi connectivity index (χ2n) is 23.0. The lowest BCUT2D eigenvalue weighted by atomic mass is 9.70. The van der Waals surface area contributed by atoms with E-state index in [1.54, 1.807) is 6.07 Å². The number of thiol groups is 1. The highest BCUT2D eigenvalue weighted by molar-refractivity contribution is 7.86. The van der Waals surface area contributed by atoms with E-state index in [9.17, 15) is 50.8 Å². The number of hydrogen-bond donors (Lipinski definition) is 10. The second kappa shape index (κ2) is 35.0. The van der Waals surface area contributed by atoms with Gasteiger partial charge in [-0.2, -0.15) is 8.42 Å². The number of rotatable bonds is 38. The van der Waals surface area contributed by atoms with Gasteiger partial charge in [0.2, 0.25) is 21.3 Å². The van der Waals surface area contributed by atoms with E-state index in [4.69, 9.17) is 10.2 Å². The quantitative estimate of drug-likeness (QED) is 0.00644. The van der Waals surface area contributed by atoms with Gasteiger partial charge in [-0.25, -0.2) is 8.42 Å². The van der Waals surface area contributed by atoms with Gasteiger partial charge in [0.1, 0.15) is 0 Å². The number of nitrogens with zero attached hydrogens (tertiary/aromatic N) is 3. The Bertz CT molecular complexity index is 3170. The Kier molecular flexibility index (Phi) is 28.7. The van der Waals surface area contributed by atoms with Gasteiger partial charge in [-0.3, -0.25) is 23.7 Å². The molecule has 20 nitrogen and oxygen atoms in total. The fraction of sp³-hybridized carbons (Fsp3) is 0.540. The normalized spacial score (nSPS) is 16.1. The standard InChI is InChI=1S/C63H89N7O13S3/c1-44(86(81,82)83)29-30-45-39-48(62(2,3)52-40-46(31-33-51(45)52)58(77)65-36-20-17-24-49(73)42-71)23-13-8-6-9-14-26-55-63(4,5)53-41-47(59(78)66-37-21-18-25-50(74)43-72)32-34-54(53)70(55)38-22-12-16-27-56(75)64-35-19-11-7-10-15-28-57(76)67-60-68-69-61(84-60)85(79)80/h6,8-9,13-14,23,26,31-34,40-41,44,49-50,71-74,85H,7,10-12,15-22,24-25,27-30,35-38,42-43H2,1-5H3,(H,64,75)(H,65,77)(H,66,78)(H,67,68,76)(H,81,82,83)/b8-6+,14-9+,23-13+,55-26+/t44?,49-,50-/m0/s1. The number of amides is 4. The average Bonchev–Trinajstić information content (AvgIpc) is 1.45. The summed E-state index contributed by atoms with van der Waals surface area (Å²) in [5.41, 5.74) is 9.77. The van der Waals surface area contributed by atoms with Crippen molar-refractivity contribution in [2.75, 3.05) is 49.6 Å². The third kappa shape index (κ3) is 21.9. The van der Waals surface area contributed by atoms with Crippen LogP contribution in [0.4, 0.5) is 10.8 Å². The number of unbranched alkanes of at least 4 members (excludes halogenated alkanes) is 8. The van der Waals surface area contributed by atoms with Gasteiger partial charge in [-0.15, -0.1) is 15.9 Å². The molecule has 86 heavy (non-hydrogen) atoms. The molecule has 23 heteroatoms. The highest BCUT2D eigenvalue weighted by Crippen LogP contribution is 2.48. The lowest BCUT2D eigenvalue weighted by molar-refractivity contribution is -0.121. The molecule has 2 aromatic carbocycles. The minimum Gasteiger partial charge on any atom is -0.394 e. The van der Waals surface area contributed by atoms with E-state index in [0.29, 0.717) is 102 Å². The van der Waals surface area contributed by atoms with E-state index in [2.05, 4.69) is 62.0 Å². The second-order valence-corrected chi connectivity index (χ2v) is 27.1. The number of anilines is 2. The van der Waals surface area contributed by atoms with Crippen LogP contribution >= 0.6 is 11.3 Å². The van der Waals surface area contributed by atoms with Gasteiger partial charge < -0.3 is 46.6 Å². The van der Waals surface area contributed by atoms with Crippen molar-refractivity contribution in [2.45, 2.75) is 183 Å². The highest BCUT2D eigenvalue weighted by Gasteiger charge is 2.40. The lowest BCUT2D eigenvalue weighted by Gasteiger charge is -2.32. The van der Waals surface area contributed by atoms with E-state index in [-0.39, 0.29) is 59.2 Å². The van der Waals surface area contributed by atoms with Crippen molar-refractivity contribution in [3.8, 4) is 0 Å². The van der Waals surface area contributed by atoms with Crippen LogP contribution < -0.4 is 26.2 Å². The number of carbonyl (C=O) groups excluding carboxylic acids is 4. The number of aliphatic hydroxyl groups is 4. The third-order valence-corrected chi connectivity index (χ3v) is 18.6. The van der Waals surface area contributed by atoms with Gasteiger partial charge >= 0.3 is 0 Å². The molecule has 1 unspecified atom stereocenters. The maximum atomic E-state index is 13.4. The molecular weight excluding hydrogens is 1160 g/mol. The summed E-state index contributed by atoms with van der Waals surface area (Å²) in [6.07, 6.45) is 23.2. The summed E-state index contributed by atoms with van der Waals surface area (Å²) >= 11 is 0.812. The molecular formula is C63H89N7O13S3. The van der Waals surface area contributed by atoms with Gasteiger partial charge in [0.15, 0.2) is 10.7 Å². The molecule has 5 rings (SSSR count). The highest BCUT2D eigenvalue weighted by atomic mass is 32.2. The molecule has 4 amide bonds. The number of aromatic nitrogens is 2. The summed E-state index contributed by atoms with van der Waals surface area (Å²) < 4.78 is 55.6. The number of aliphatic hydroxyl groups excluding tert-OH is 4. The predicted molar refractivity (Wildman–Crippen MR) is 337 cm³/mol. The average molecular weight is 1250 g/mol. The Labute approximate surface area is 512 Å². The van der Waals surface area contributed by atoms with Gasteiger partial charge in [0.25, 0.3) is 21.9 Å². The van der Waals surface area contributed by atoms with Gasteiger partial charge in [0, 0.05) is 83.5 Å². The molecule has 472 valence electrons. The Morgan fingerprint density at radius 1 is 0.686 bits per heavy atom. The summed E-state index contributed by atoms with van der Waals surface area (Å²) in [5, 5.41) is 55.5. The Morgan fingerprint density at radius 3 is 1.87 bits per heavy atom. The number of nitrogens with one attached hydrogen (secondary N) is 4. The van der Waals surface area contributed by atoms with Crippen LogP contribution in [0.15, 0.2) is 100 Å². The summed E-state index contributed by atoms with van der Waals surface area (Å²) in [6, 6.07) is 11.2. The molecule has 0 fully saturated rings. The first-order valence-corrected chi connectivity index (χ1v) is 33.4. The number of allylic oxidation sites excluding steroid dienone is 9. The van der Waals surface area contributed by atoms with Crippen LogP contribution in [0.1, 0.15) is 188 Å². The Balaban J connectivity index is 1.22. The fourth-order valence-electron chi connectivity index (χ4n) is 10.3. The van der Waals surface area contributed by atoms with E-state index in [1.165, 1.54) is 6.92 Å². The van der Waals surface area contributed by atoms with Crippen LogP contribution in [-0.4, -0.2) is 132 Å². The first kappa shape index (κ1) is 70.6. The topological polar surface area (TPSA) is 315 Å². The molecule has 1 aliphatic carbocycles. The zero-order chi connectivity index (χ0) is 62.9. The summed E-state index contributed by atoms with van der Waals surface area (Å²) in [5.74, 6) is -0.689. The van der Waals surface area contributed by atoms with E-state index in [0.717, 1.165) is 89.1 Å². The van der Waals surface area contributed by atoms with E-state index in [1.807, 2.05) is 80.6 Å².